The van der Waals surface area contributed by atoms with Crippen LogP contribution in [0.3, 0.4) is 0 Å². The molecule has 5 nitrogen and oxygen atoms in total. The molecule has 100 valence electrons. The Morgan fingerprint density at radius 3 is 2.95 bits per heavy atom. The number of benzene rings is 1. The van der Waals surface area contributed by atoms with Crippen molar-refractivity contribution in [1.82, 2.24) is 14.8 Å². The van der Waals surface area contributed by atoms with Gasteiger partial charge in [0.05, 0.1) is 0 Å². The van der Waals surface area contributed by atoms with Gasteiger partial charge in [0, 0.05) is 31.0 Å². The monoisotopic (exact) mass is 258 g/mol. The Balaban J connectivity index is 1.72. The summed E-state index contributed by atoms with van der Waals surface area (Å²) >= 11 is 0. The Morgan fingerprint density at radius 1 is 1.32 bits per heavy atom. The van der Waals surface area contributed by atoms with Crippen LogP contribution in [0.4, 0.5) is 5.69 Å². The maximum atomic E-state index is 5.78. The Morgan fingerprint density at radius 2 is 2.16 bits per heavy atom. The van der Waals surface area contributed by atoms with Crippen LogP contribution in [0.5, 0.6) is 0 Å². The molecule has 1 aromatic heterocycles. The standard InChI is InChI=1S/C14H18N4O/c15-13-3-1-2-12(8-13)14-16-10-18(17-14)9-11-4-6-19-7-5-11/h1-3,8,10-11H,4-7,9,15H2. The van der Waals surface area contributed by atoms with Crippen molar-refractivity contribution in [3.05, 3.63) is 30.6 Å². The molecule has 3 rings (SSSR count). The molecule has 0 atom stereocenters. The second kappa shape index (κ2) is 5.40. The maximum Gasteiger partial charge on any atom is 0.181 e. The van der Waals surface area contributed by atoms with Gasteiger partial charge in [0.2, 0.25) is 0 Å². The molecule has 0 bridgehead atoms. The van der Waals surface area contributed by atoms with Gasteiger partial charge in [0.15, 0.2) is 5.82 Å². The smallest absolute Gasteiger partial charge is 0.181 e. The second-order valence-corrected chi connectivity index (χ2v) is 4.97. The van der Waals surface area contributed by atoms with Crippen molar-refractivity contribution in [2.45, 2.75) is 19.4 Å². The van der Waals surface area contributed by atoms with E-state index in [1.165, 1.54) is 0 Å². The van der Waals surface area contributed by atoms with Gasteiger partial charge >= 0.3 is 0 Å². The Kier molecular flexibility index (Phi) is 3.46. The van der Waals surface area contributed by atoms with E-state index < -0.39 is 0 Å². The van der Waals surface area contributed by atoms with E-state index in [2.05, 4.69) is 10.1 Å². The lowest BCUT2D eigenvalue weighted by atomic mass is 10.0. The molecule has 0 aliphatic carbocycles. The number of aromatic nitrogens is 3. The van der Waals surface area contributed by atoms with Gasteiger partial charge in [-0.2, -0.15) is 5.10 Å². The average molecular weight is 258 g/mol. The lowest BCUT2D eigenvalue weighted by molar-refractivity contribution is 0.0601. The zero-order valence-corrected chi connectivity index (χ0v) is 10.8. The third kappa shape index (κ3) is 2.93. The molecule has 19 heavy (non-hydrogen) atoms. The normalized spacial score (nSPS) is 16.6. The predicted molar refractivity (Wildman–Crippen MR) is 73.4 cm³/mol. The molecule has 5 heteroatoms. The Bertz CT molecular complexity index is 546. The highest BCUT2D eigenvalue weighted by molar-refractivity contribution is 5.60. The summed E-state index contributed by atoms with van der Waals surface area (Å²) < 4.78 is 7.29. The first-order chi connectivity index (χ1) is 9.31. The van der Waals surface area contributed by atoms with Crippen LogP contribution >= 0.6 is 0 Å². The van der Waals surface area contributed by atoms with Gasteiger partial charge in [-0.3, -0.25) is 4.68 Å². The van der Waals surface area contributed by atoms with E-state index >= 15 is 0 Å². The van der Waals surface area contributed by atoms with Crippen molar-refractivity contribution in [1.29, 1.82) is 0 Å². The minimum absolute atomic E-state index is 0.643. The van der Waals surface area contributed by atoms with E-state index in [-0.39, 0.29) is 0 Å². The molecule has 2 N–H and O–H groups in total. The van der Waals surface area contributed by atoms with E-state index in [0.29, 0.717) is 5.92 Å². The summed E-state index contributed by atoms with van der Waals surface area (Å²) in [6.45, 7) is 2.64. The van der Waals surface area contributed by atoms with Crippen LogP contribution in [0, 0.1) is 5.92 Å². The van der Waals surface area contributed by atoms with Crippen LogP contribution < -0.4 is 5.73 Å². The number of hydrogen-bond acceptors (Lipinski definition) is 4. The zero-order chi connectivity index (χ0) is 13.1. The molecule has 1 fully saturated rings. The molecule has 0 amide bonds. The molecular formula is C14H18N4O. The molecule has 0 spiro atoms. The Hall–Kier alpha value is -1.88. The number of nitrogens with two attached hydrogens (primary N) is 1. The summed E-state index contributed by atoms with van der Waals surface area (Å²) in [6, 6.07) is 7.66. The van der Waals surface area contributed by atoms with Crippen molar-refractivity contribution < 1.29 is 4.74 Å². The highest BCUT2D eigenvalue weighted by Gasteiger charge is 2.15. The lowest BCUT2D eigenvalue weighted by Gasteiger charge is -2.21. The van der Waals surface area contributed by atoms with E-state index in [0.717, 1.165) is 49.7 Å². The molecule has 2 aromatic rings. The third-order valence-electron chi connectivity index (χ3n) is 3.47. The third-order valence-corrected chi connectivity index (χ3v) is 3.47. The SMILES string of the molecule is Nc1cccc(-c2ncn(CC3CCOCC3)n2)c1. The van der Waals surface area contributed by atoms with Crippen molar-refractivity contribution >= 4 is 5.69 Å². The first-order valence-corrected chi connectivity index (χ1v) is 6.64. The molecule has 0 saturated carbocycles. The van der Waals surface area contributed by atoms with Gasteiger partial charge < -0.3 is 10.5 Å². The largest absolute Gasteiger partial charge is 0.399 e. The second-order valence-electron chi connectivity index (χ2n) is 4.97. The summed E-state index contributed by atoms with van der Waals surface area (Å²) in [5, 5.41) is 4.52. The molecule has 1 aliphatic heterocycles. The van der Waals surface area contributed by atoms with E-state index in [4.69, 9.17) is 10.5 Å². The van der Waals surface area contributed by atoms with Gasteiger partial charge in [-0.25, -0.2) is 4.98 Å². The molecular weight excluding hydrogens is 240 g/mol. The molecule has 0 radical (unpaired) electrons. The van der Waals surface area contributed by atoms with Gasteiger partial charge in [-0.05, 0) is 30.9 Å². The summed E-state index contributed by atoms with van der Waals surface area (Å²) in [7, 11) is 0. The fraction of sp³-hybridized carbons (Fsp3) is 0.429. The molecule has 1 aromatic carbocycles. The fourth-order valence-electron chi connectivity index (χ4n) is 2.39. The summed E-state index contributed by atoms with van der Waals surface area (Å²) in [4.78, 5) is 4.36. The van der Waals surface area contributed by atoms with Crippen LogP contribution in [-0.4, -0.2) is 28.0 Å². The van der Waals surface area contributed by atoms with Gasteiger partial charge in [0.25, 0.3) is 0 Å². The summed E-state index contributed by atoms with van der Waals surface area (Å²) in [5.74, 6) is 1.38. The van der Waals surface area contributed by atoms with Crippen molar-refractivity contribution in [3.63, 3.8) is 0 Å². The molecule has 1 aliphatic rings. The predicted octanol–water partition coefficient (Wildman–Crippen LogP) is 1.95. The average Bonchev–Trinajstić information content (AvgIpc) is 2.88. The zero-order valence-electron chi connectivity index (χ0n) is 10.8. The van der Waals surface area contributed by atoms with Crippen molar-refractivity contribution in [3.8, 4) is 11.4 Å². The van der Waals surface area contributed by atoms with Gasteiger partial charge in [-0.15, -0.1) is 0 Å². The number of hydrogen-bond donors (Lipinski definition) is 1. The summed E-state index contributed by atoms with van der Waals surface area (Å²) in [5.41, 5.74) is 7.47. The first kappa shape index (κ1) is 12.2. The van der Waals surface area contributed by atoms with Gasteiger partial charge in [-0.1, -0.05) is 12.1 Å². The lowest BCUT2D eigenvalue weighted by Crippen LogP contribution is -2.20. The number of anilines is 1. The van der Waals surface area contributed by atoms with Crippen LogP contribution in [0.15, 0.2) is 30.6 Å². The first-order valence-electron chi connectivity index (χ1n) is 6.64. The highest BCUT2D eigenvalue weighted by atomic mass is 16.5. The van der Waals surface area contributed by atoms with Crippen LogP contribution in [0.25, 0.3) is 11.4 Å². The van der Waals surface area contributed by atoms with E-state index in [9.17, 15) is 0 Å². The van der Waals surface area contributed by atoms with Crippen LogP contribution in [0.2, 0.25) is 0 Å². The van der Waals surface area contributed by atoms with Crippen molar-refractivity contribution in [2.24, 2.45) is 5.92 Å². The Labute approximate surface area is 112 Å². The molecule has 0 unspecified atom stereocenters. The quantitative estimate of drug-likeness (QED) is 0.855. The van der Waals surface area contributed by atoms with Crippen LogP contribution in [-0.2, 0) is 11.3 Å². The van der Waals surface area contributed by atoms with Crippen LogP contribution in [0.1, 0.15) is 12.8 Å². The maximum absolute atomic E-state index is 5.78. The molecule has 2 heterocycles. The van der Waals surface area contributed by atoms with E-state index in [1.807, 2.05) is 28.9 Å². The van der Waals surface area contributed by atoms with Gasteiger partial charge in [0.1, 0.15) is 6.33 Å². The number of rotatable bonds is 3. The summed E-state index contributed by atoms with van der Waals surface area (Å²) in [6.07, 6.45) is 4.01. The topological polar surface area (TPSA) is 66.0 Å². The number of nitrogen functional groups attached to an aromatic ring is 1. The molecule has 1 saturated heterocycles. The minimum atomic E-state index is 0.643. The number of nitrogens with zero attached hydrogens (tertiary/aromatic N) is 3. The fourth-order valence-corrected chi connectivity index (χ4v) is 2.39. The van der Waals surface area contributed by atoms with Crippen molar-refractivity contribution in [2.75, 3.05) is 18.9 Å². The highest BCUT2D eigenvalue weighted by Crippen LogP contribution is 2.19. The number of ether oxygens (including phenoxy) is 1. The minimum Gasteiger partial charge on any atom is -0.399 e. The van der Waals surface area contributed by atoms with E-state index in [1.54, 1.807) is 6.33 Å².